The van der Waals surface area contributed by atoms with E-state index in [2.05, 4.69) is 68.0 Å². The number of imidazole rings is 1. The van der Waals surface area contributed by atoms with Gasteiger partial charge >= 0.3 is 0 Å². The van der Waals surface area contributed by atoms with Gasteiger partial charge in [-0.15, -0.1) is 0 Å². The van der Waals surface area contributed by atoms with Gasteiger partial charge in [-0.1, -0.05) is 37.5 Å². The maximum Gasteiger partial charge on any atom is 0.267 e. The van der Waals surface area contributed by atoms with Crippen molar-refractivity contribution in [1.29, 1.82) is 0 Å². The molecule has 2 fully saturated rings. The highest BCUT2D eigenvalue weighted by atomic mass is 15.2. The third-order valence-electron chi connectivity index (χ3n) is 7.11. The summed E-state index contributed by atoms with van der Waals surface area (Å²) in [6.07, 6.45) is 12.4. The molecule has 1 aromatic carbocycles. The largest absolute Gasteiger partial charge is 0.267 e. The first-order chi connectivity index (χ1) is 13.4. The molecule has 2 heteroatoms. The van der Waals surface area contributed by atoms with Crippen LogP contribution in [0.4, 0.5) is 0 Å². The fourth-order valence-corrected chi connectivity index (χ4v) is 5.88. The molecule has 0 aliphatic heterocycles. The Bertz CT molecular complexity index is 825. The fourth-order valence-electron chi connectivity index (χ4n) is 5.88. The summed E-state index contributed by atoms with van der Waals surface area (Å²) in [6.45, 7) is 11.9. The van der Waals surface area contributed by atoms with Gasteiger partial charge in [-0.2, -0.15) is 4.57 Å². The van der Waals surface area contributed by atoms with Gasteiger partial charge in [-0.05, 0) is 77.8 Å². The molecule has 0 bridgehead atoms. The van der Waals surface area contributed by atoms with Crippen molar-refractivity contribution in [2.75, 3.05) is 0 Å². The van der Waals surface area contributed by atoms with Gasteiger partial charge in [0.2, 0.25) is 0 Å². The second-order valence-electron chi connectivity index (χ2n) is 10.3. The Labute approximate surface area is 172 Å². The average molecular weight is 380 g/mol. The Kier molecular flexibility index (Phi) is 5.42. The van der Waals surface area contributed by atoms with Crippen molar-refractivity contribution in [2.24, 2.45) is 0 Å². The van der Waals surface area contributed by atoms with E-state index < -0.39 is 0 Å². The number of benzene rings is 1. The molecular weight excluding hydrogens is 340 g/mol. The zero-order chi connectivity index (χ0) is 19.9. The molecule has 2 aliphatic carbocycles. The van der Waals surface area contributed by atoms with Gasteiger partial charge in [0.1, 0.15) is 23.1 Å². The Morgan fingerprint density at radius 1 is 0.857 bits per heavy atom. The van der Waals surface area contributed by atoms with Gasteiger partial charge < -0.3 is 0 Å². The highest BCUT2D eigenvalue weighted by Gasteiger charge is 2.43. The highest BCUT2D eigenvalue weighted by molar-refractivity contribution is 5.44. The minimum atomic E-state index is 0.114. The number of para-hydroxylation sites is 1. The van der Waals surface area contributed by atoms with Crippen molar-refractivity contribution < 1.29 is 4.57 Å². The van der Waals surface area contributed by atoms with E-state index in [1.807, 2.05) is 0 Å². The van der Waals surface area contributed by atoms with Crippen molar-refractivity contribution in [3.8, 4) is 5.69 Å². The van der Waals surface area contributed by atoms with Crippen LogP contribution in [0.25, 0.3) is 5.69 Å². The van der Waals surface area contributed by atoms with E-state index in [4.69, 9.17) is 0 Å². The minimum absolute atomic E-state index is 0.114. The molecule has 2 aliphatic rings. The Hall–Kier alpha value is -1.57. The number of aromatic nitrogens is 2. The lowest BCUT2D eigenvalue weighted by Crippen LogP contribution is -2.49. The average Bonchev–Trinajstić information content (AvgIpc) is 3.28. The molecule has 2 nitrogen and oxygen atoms in total. The quantitative estimate of drug-likeness (QED) is 0.516. The molecule has 0 radical (unpaired) electrons. The summed E-state index contributed by atoms with van der Waals surface area (Å²) in [5.41, 5.74) is 6.03. The van der Waals surface area contributed by atoms with E-state index in [1.54, 1.807) is 5.69 Å². The predicted octanol–water partition coefficient (Wildman–Crippen LogP) is 6.84. The molecule has 0 atom stereocenters. The molecule has 2 saturated carbocycles. The summed E-state index contributed by atoms with van der Waals surface area (Å²) in [4.78, 5) is 0. The Morgan fingerprint density at radius 3 is 2.07 bits per heavy atom. The summed E-state index contributed by atoms with van der Waals surface area (Å²) < 4.78 is 5.49. The van der Waals surface area contributed by atoms with Gasteiger partial charge in [-0.3, -0.25) is 0 Å². The second-order valence-corrected chi connectivity index (χ2v) is 10.3. The van der Waals surface area contributed by atoms with Crippen molar-refractivity contribution >= 4 is 0 Å². The molecule has 0 N–H and O–H groups in total. The fraction of sp³-hybridized carbons (Fsp3) is 0.654. The first-order valence-corrected chi connectivity index (χ1v) is 11.6. The molecule has 0 unspecified atom stereocenters. The number of hydrogen-bond acceptors (Lipinski definition) is 0. The minimum Gasteiger partial charge on any atom is -0.227 e. The van der Waals surface area contributed by atoms with Crippen LogP contribution in [0.1, 0.15) is 113 Å². The van der Waals surface area contributed by atoms with E-state index in [0.717, 1.165) is 5.92 Å². The first-order valence-electron chi connectivity index (χ1n) is 11.6. The van der Waals surface area contributed by atoms with Crippen LogP contribution in [-0.4, -0.2) is 4.57 Å². The normalized spacial score (nSPS) is 19.5. The van der Waals surface area contributed by atoms with Gasteiger partial charge in [0.15, 0.2) is 0 Å². The monoisotopic (exact) mass is 379 g/mol. The summed E-state index contributed by atoms with van der Waals surface area (Å²) in [7, 11) is 0. The van der Waals surface area contributed by atoms with Crippen molar-refractivity contribution in [3.05, 3.63) is 47.0 Å². The van der Waals surface area contributed by atoms with Crippen molar-refractivity contribution in [2.45, 2.75) is 110 Å². The van der Waals surface area contributed by atoms with E-state index in [-0.39, 0.29) is 5.41 Å². The van der Waals surface area contributed by atoms with Crippen LogP contribution < -0.4 is 4.57 Å². The van der Waals surface area contributed by atoms with Crippen LogP contribution in [0.2, 0.25) is 0 Å². The molecule has 152 valence electrons. The van der Waals surface area contributed by atoms with Crippen LogP contribution in [0.3, 0.4) is 0 Å². The molecule has 0 amide bonds. The summed E-state index contributed by atoms with van der Waals surface area (Å²) in [5.74, 6) is 2.26. The zero-order valence-electron chi connectivity index (χ0n) is 18.7. The molecule has 4 rings (SSSR count). The predicted molar refractivity (Wildman–Crippen MR) is 117 cm³/mol. The van der Waals surface area contributed by atoms with E-state index in [9.17, 15) is 0 Å². The molecule has 0 saturated heterocycles. The van der Waals surface area contributed by atoms with E-state index in [1.165, 1.54) is 80.6 Å². The van der Waals surface area contributed by atoms with E-state index in [0.29, 0.717) is 6.04 Å². The van der Waals surface area contributed by atoms with Crippen molar-refractivity contribution in [1.82, 2.24) is 4.57 Å². The van der Waals surface area contributed by atoms with Crippen LogP contribution >= 0.6 is 0 Å². The van der Waals surface area contributed by atoms with Crippen LogP contribution in [0.15, 0.2) is 24.3 Å². The molecular formula is C26H39N2+. The highest BCUT2D eigenvalue weighted by Crippen LogP contribution is 2.39. The topological polar surface area (TPSA) is 8.81 Å². The molecule has 28 heavy (non-hydrogen) atoms. The maximum absolute atomic E-state index is 2.85. The second kappa shape index (κ2) is 7.69. The Morgan fingerprint density at radius 2 is 1.46 bits per heavy atom. The zero-order valence-corrected chi connectivity index (χ0v) is 18.7. The lowest BCUT2D eigenvalue weighted by molar-refractivity contribution is -0.738. The van der Waals surface area contributed by atoms with Gasteiger partial charge in [0.25, 0.3) is 5.82 Å². The third kappa shape index (κ3) is 3.44. The lowest BCUT2D eigenvalue weighted by atomic mass is 9.85. The van der Waals surface area contributed by atoms with Gasteiger partial charge in [0.05, 0.1) is 5.41 Å². The van der Waals surface area contributed by atoms with Crippen LogP contribution in [-0.2, 0) is 5.41 Å². The van der Waals surface area contributed by atoms with Crippen LogP contribution in [0.5, 0.6) is 0 Å². The molecule has 0 spiro atoms. The van der Waals surface area contributed by atoms with Crippen molar-refractivity contribution in [3.63, 3.8) is 0 Å². The number of aryl methyl sites for hydroxylation is 1. The number of hydrogen-bond donors (Lipinski definition) is 0. The third-order valence-corrected chi connectivity index (χ3v) is 7.11. The smallest absolute Gasteiger partial charge is 0.227 e. The summed E-state index contributed by atoms with van der Waals surface area (Å²) >= 11 is 0. The van der Waals surface area contributed by atoms with E-state index >= 15 is 0 Å². The van der Waals surface area contributed by atoms with Gasteiger partial charge in [0, 0.05) is 12.8 Å². The first kappa shape index (κ1) is 19.7. The number of nitrogens with zero attached hydrogens (tertiary/aromatic N) is 2. The van der Waals surface area contributed by atoms with Gasteiger partial charge in [-0.25, -0.2) is 4.57 Å². The molecule has 2 aromatic rings. The standard InChI is InChI=1S/C26H39N2/c1-19-13-9-12-18-23(19)27-20(2)24(21-14-7-6-8-15-21)28(22-16-10-11-17-22)25(27)26(3,4)5/h9,12-13,18,21-22H,6-8,10-11,14-17H2,1-5H3/q+1. The number of rotatable bonds is 3. The lowest BCUT2D eigenvalue weighted by Gasteiger charge is -2.24. The maximum atomic E-state index is 2.85. The summed E-state index contributed by atoms with van der Waals surface area (Å²) in [5, 5.41) is 0. The molecule has 1 heterocycles. The molecule has 1 aromatic heterocycles. The SMILES string of the molecule is Cc1ccccc1-n1c(C)c(C2CCCCC2)[n+](C2CCCC2)c1C(C)(C)C. The Balaban J connectivity index is 2.01. The summed E-state index contributed by atoms with van der Waals surface area (Å²) in [6, 6.07) is 9.65. The van der Waals surface area contributed by atoms with Crippen LogP contribution in [0, 0.1) is 13.8 Å².